The van der Waals surface area contributed by atoms with Crippen LogP contribution in [0.4, 0.5) is 0 Å². The van der Waals surface area contributed by atoms with E-state index in [1.165, 1.54) is 0 Å². The van der Waals surface area contributed by atoms with Gasteiger partial charge in [-0.3, -0.25) is 14.6 Å². The van der Waals surface area contributed by atoms with Crippen LogP contribution >= 0.6 is 0 Å². The van der Waals surface area contributed by atoms with E-state index in [2.05, 4.69) is 17.2 Å². The summed E-state index contributed by atoms with van der Waals surface area (Å²) in [6, 6.07) is 8.46. The van der Waals surface area contributed by atoms with Crippen molar-refractivity contribution < 1.29 is 14.7 Å². The number of amidine groups is 1. The minimum absolute atomic E-state index is 0.479. The first-order chi connectivity index (χ1) is 9.63. The number of carbonyl (C=O) groups excluding carboxylic acids is 1. The highest BCUT2D eigenvalue weighted by molar-refractivity contribution is 6.08. The Morgan fingerprint density at radius 3 is 2.65 bits per heavy atom. The van der Waals surface area contributed by atoms with Crippen LogP contribution < -0.4 is 5.32 Å². The second kappa shape index (κ2) is 6.32. The highest BCUT2D eigenvalue weighted by Crippen LogP contribution is 2.29. The number of carbonyl (C=O) groups is 2. The van der Waals surface area contributed by atoms with Crippen molar-refractivity contribution in [2.75, 3.05) is 0 Å². The number of amides is 1. The number of carboxylic acid groups (broad SMARTS) is 1. The third-order valence-corrected chi connectivity index (χ3v) is 3.33. The molecule has 0 spiro atoms. The van der Waals surface area contributed by atoms with Gasteiger partial charge in [0.15, 0.2) is 5.92 Å². The number of hydrogen-bond donors (Lipinski definition) is 2. The molecule has 0 unspecified atom stereocenters. The maximum Gasteiger partial charge on any atom is 0.318 e. The summed E-state index contributed by atoms with van der Waals surface area (Å²) in [5, 5.41) is 11.9. The third-order valence-electron chi connectivity index (χ3n) is 3.33. The van der Waals surface area contributed by atoms with Crippen molar-refractivity contribution in [1.82, 2.24) is 5.32 Å². The van der Waals surface area contributed by atoms with Crippen molar-refractivity contribution in [2.45, 2.75) is 32.2 Å². The fraction of sp³-hybridized carbons (Fsp3) is 0.400. The summed E-state index contributed by atoms with van der Waals surface area (Å²) < 4.78 is 0. The Kier molecular flexibility index (Phi) is 4.50. The molecule has 0 radical (unpaired) electrons. The molecule has 2 rings (SSSR count). The molecule has 1 amide bonds. The second-order valence-corrected chi connectivity index (χ2v) is 4.84. The first-order valence-electron chi connectivity index (χ1n) is 6.78. The van der Waals surface area contributed by atoms with Gasteiger partial charge in [-0.15, -0.1) is 0 Å². The van der Waals surface area contributed by atoms with E-state index in [1.807, 2.05) is 18.2 Å². The van der Waals surface area contributed by atoms with Crippen LogP contribution in [0.25, 0.3) is 0 Å². The van der Waals surface area contributed by atoms with Crippen LogP contribution in [0.5, 0.6) is 0 Å². The van der Waals surface area contributed by atoms with Gasteiger partial charge in [-0.1, -0.05) is 43.7 Å². The Labute approximate surface area is 117 Å². The molecule has 0 fully saturated rings. The molecule has 0 aliphatic carbocycles. The van der Waals surface area contributed by atoms with Crippen molar-refractivity contribution in [3.8, 4) is 0 Å². The van der Waals surface area contributed by atoms with Crippen LogP contribution in [0.2, 0.25) is 0 Å². The van der Waals surface area contributed by atoms with E-state index in [0.29, 0.717) is 12.3 Å². The van der Waals surface area contributed by atoms with E-state index >= 15 is 0 Å². The second-order valence-electron chi connectivity index (χ2n) is 4.84. The Morgan fingerprint density at radius 2 is 2.05 bits per heavy atom. The van der Waals surface area contributed by atoms with Crippen LogP contribution in [-0.2, 0) is 9.59 Å². The van der Waals surface area contributed by atoms with Crippen LogP contribution in [0.15, 0.2) is 35.3 Å². The lowest BCUT2D eigenvalue weighted by molar-refractivity contribution is -0.147. The number of benzene rings is 1. The number of nitrogens with one attached hydrogen (secondary N) is 1. The number of rotatable bonds is 5. The summed E-state index contributed by atoms with van der Waals surface area (Å²) in [5.74, 6) is -2.20. The third kappa shape index (κ3) is 3.04. The van der Waals surface area contributed by atoms with Gasteiger partial charge in [0.25, 0.3) is 0 Å². The van der Waals surface area contributed by atoms with E-state index in [4.69, 9.17) is 0 Å². The zero-order valence-corrected chi connectivity index (χ0v) is 11.4. The highest BCUT2D eigenvalue weighted by atomic mass is 16.4. The van der Waals surface area contributed by atoms with E-state index < -0.39 is 23.8 Å². The van der Waals surface area contributed by atoms with Crippen LogP contribution in [-0.4, -0.2) is 22.8 Å². The molecule has 0 aromatic heterocycles. The Bertz CT molecular complexity index is 525. The van der Waals surface area contributed by atoms with Gasteiger partial charge in [0.1, 0.15) is 5.84 Å². The molecule has 5 heteroatoms. The van der Waals surface area contributed by atoms with E-state index in [9.17, 15) is 14.7 Å². The van der Waals surface area contributed by atoms with Crippen LogP contribution in [0.3, 0.4) is 0 Å². The molecule has 0 bridgehead atoms. The minimum Gasteiger partial charge on any atom is -0.481 e. The molecule has 0 saturated heterocycles. The molecule has 2 N–H and O–H groups in total. The minimum atomic E-state index is -1.16. The summed E-state index contributed by atoms with van der Waals surface area (Å²) in [6.07, 6.45) is 2.57. The first-order valence-corrected chi connectivity index (χ1v) is 6.78. The highest BCUT2D eigenvalue weighted by Gasteiger charge is 2.39. The summed E-state index contributed by atoms with van der Waals surface area (Å²) in [7, 11) is 0. The van der Waals surface area contributed by atoms with Crippen molar-refractivity contribution in [1.29, 1.82) is 0 Å². The smallest absolute Gasteiger partial charge is 0.318 e. The average Bonchev–Trinajstić information content (AvgIpc) is 2.45. The largest absolute Gasteiger partial charge is 0.481 e. The molecule has 2 atom stereocenters. The molecule has 5 nitrogen and oxygen atoms in total. The maximum atomic E-state index is 12.0. The van der Waals surface area contributed by atoms with Gasteiger partial charge in [-0.25, -0.2) is 0 Å². The lowest BCUT2D eigenvalue weighted by Crippen LogP contribution is -2.46. The monoisotopic (exact) mass is 274 g/mol. The molecule has 106 valence electrons. The predicted octanol–water partition coefficient (Wildman–Crippen LogP) is 2.15. The zero-order chi connectivity index (χ0) is 14.5. The topological polar surface area (TPSA) is 78.8 Å². The maximum absolute atomic E-state index is 12.0. The standard InChI is InChI=1S/C15H18N2O3/c1-2-3-9-11-16-13(10-7-5-4-6-8-10)12(15(19)20)14(18)17-11/h4-8,12-13H,2-3,9H2,1H3,(H,19,20)(H,16,17,18)/t12-,13-/m0/s1. The van der Waals surface area contributed by atoms with Gasteiger partial charge in [0.2, 0.25) is 5.91 Å². The van der Waals surface area contributed by atoms with Gasteiger partial charge in [0.05, 0.1) is 6.04 Å². The van der Waals surface area contributed by atoms with Gasteiger partial charge in [-0.05, 0) is 12.0 Å². The molecule has 1 aliphatic rings. The van der Waals surface area contributed by atoms with Crippen LogP contribution in [0.1, 0.15) is 37.8 Å². The average molecular weight is 274 g/mol. The summed E-state index contributed by atoms with van der Waals surface area (Å²) in [4.78, 5) is 27.8. The molecule has 20 heavy (non-hydrogen) atoms. The first kappa shape index (κ1) is 14.2. The predicted molar refractivity (Wildman–Crippen MR) is 75.4 cm³/mol. The number of aliphatic carboxylic acids is 1. The summed E-state index contributed by atoms with van der Waals surface area (Å²) in [6.45, 7) is 2.06. The molecule has 0 saturated carbocycles. The van der Waals surface area contributed by atoms with Gasteiger partial charge < -0.3 is 10.4 Å². The molecular formula is C15H18N2O3. The Hall–Kier alpha value is -2.17. The fourth-order valence-electron chi connectivity index (χ4n) is 2.27. The van der Waals surface area contributed by atoms with Crippen LogP contribution in [0, 0.1) is 5.92 Å². The molecule has 1 heterocycles. The van der Waals surface area contributed by atoms with Gasteiger partial charge >= 0.3 is 5.97 Å². The van der Waals surface area contributed by atoms with Crippen molar-refractivity contribution in [3.05, 3.63) is 35.9 Å². The molecule has 1 aliphatic heterocycles. The lowest BCUT2D eigenvalue weighted by atomic mass is 9.91. The molecule has 1 aromatic rings. The number of unbranched alkanes of at least 4 members (excludes halogenated alkanes) is 1. The van der Waals surface area contributed by atoms with E-state index in [-0.39, 0.29) is 0 Å². The van der Waals surface area contributed by atoms with Crippen molar-refractivity contribution in [3.63, 3.8) is 0 Å². The number of nitrogens with zero attached hydrogens (tertiary/aromatic N) is 1. The number of aliphatic imine (C=N–C) groups is 1. The van der Waals surface area contributed by atoms with Crippen molar-refractivity contribution in [2.24, 2.45) is 10.9 Å². The van der Waals surface area contributed by atoms with E-state index in [1.54, 1.807) is 12.1 Å². The number of carboxylic acids is 1. The molecule has 1 aromatic carbocycles. The summed E-state index contributed by atoms with van der Waals surface area (Å²) >= 11 is 0. The Balaban J connectivity index is 2.34. The Morgan fingerprint density at radius 1 is 1.35 bits per heavy atom. The SMILES string of the molecule is CCCCC1=N[C@@H](c2ccccc2)[C@H](C(=O)O)C(=O)N1. The molecular weight excluding hydrogens is 256 g/mol. The van der Waals surface area contributed by atoms with Gasteiger partial charge in [0, 0.05) is 6.42 Å². The van der Waals surface area contributed by atoms with E-state index in [0.717, 1.165) is 18.4 Å². The summed E-state index contributed by atoms with van der Waals surface area (Å²) in [5.41, 5.74) is 0.753. The fourth-order valence-corrected chi connectivity index (χ4v) is 2.27. The number of hydrogen-bond acceptors (Lipinski definition) is 3. The zero-order valence-electron chi connectivity index (χ0n) is 11.4. The van der Waals surface area contributed by atoms with Crippen molar-refractivity contribution >= 4 is 17.7 Å². The quantitative estimate of drug-likeness (QED) is 0.807. The lowest BCUT2D eigenvalue weighted by Gasteiger charge is -2.26. The van der Waals surface area contributed by atoms with Gasteiger partial charge in [-0.2, -0.15) is 0 Å². The normalized spacial score (nSPS) is 22.1.